The van der Waals surface area contributed by atoms with Crippen LogP contribution in [0, 0.1) is 5.92 Å². The van der Waals surface area contributed by atoms with E-state index in [2.05, 4.69) is 20.3 Å². The van der Waals surface area contributed by atoms with Gasteiger partial charge in [-0.25, -0.2) is 9.97 Å². The number of nitrogens with zero attached hydrogens (tertiary/aromatic N) is 4. The number of rotatable bonds is 4. The molecule has 1 N–H and O–H groups in total. The highest BCUT2D eigenvalue weighted by Crippen LogP contribution is 2.26. The molecule has 1 unspecified atom stereocenters. The van der Waals surface area contributed by atoms with Crippen LogP contribution in [0.3, 0.4) is 0 Å². The number of hydrogen-bond donors (Lipinski definition) is 1. The number of carbonyl (C=O) groups is 1. The molecule has 2 aromatic rings. The molecule has 1 aliphatic heterocycles. The predicted molar refractivity (Wildman–Crippen MR) is 92.9 cm³/mol. The van der Waals surface area contributed by atoms with Crippen LogP contribution in [-0.2, 0) is 4.79 Å². The average Bonchev–Trinajstić information content (AvgIpc) is 2.62. The van der Waals surface area contributed by atoms with E-state index in [0.29, 0.717) is 5.82 Å². The van der Waals surface area contributed by atoms with E-state index < -0.39 is 0 Å². The number of likely N-dealkylation sites (tertiary alicyclic amines) is 1. The highest BCUT2D eigenvalue weighted by molar-refractivity contribution is 5.78. The van der Waals surface area contributed by atoms with E-state index in [-0.39, 0.29) is 17.7 Å². The van der Waals surface area contributed by atoms with Crippen LogP contribution in [0.5, 0.6) is 0 Å². The standard InChI is InChI=1S/C18H23N5O/c1-13(2)18(24)23-9-5-6-14(12-23)15-10-21-17(11-20-15)22-16-7-3-4-8-19-16/h3-4,7-8,10-11,13-14H,5-6,9,12H2,1-2H3,(H,19,21,22). The summed E-state index contributed by atoms with van der Waals surface area (Å²) < 4.78 is 0. The molecule has 0 aliphatic carbocycles. The van der Waals surface area contributed by atoms with Crippen molar-refractivity contribution < 1.29 is 4.79 Å². The monoisotopic (exact) mass is 325 g/mol. The number of nitrogens with one attached hydrogen (secondary N) is 1. The second kappa shape index (κ2) is 7.38. The summed E-state index contributed by atoms with van der Waals surface area (Å²) in [6.07, 6.45) is 7.32. The van der Waals surface area contributed by atoms with Gasteiger partial charge < -0.3 is 10.2 Å². The van der Waals surface area contributed by atoms with Crippen molar-refractivity contribution in [3.63, 3.8) is 0 Å². The molecule has 1 amide bonds. The zero-order valence-electron chi connectivity index (χ0n) is 14.1. The van der Waals surface area contributed by atoms with Gasteiger partial charge in [0.1, 0.15) is 11.6 Å². The largest absolute Gasteiger partial charge is 0.342 e. The van der Waals surface area contributed by atoms with Crippen molar-refractivity contribution in [3.8, 4) is 0 Å². The van der Waals surface area contributed by atoms with Gasteiger partial charge in [-0.3, -0.25) is 9.78 Å². The second-order valence-electron chi connectivity index (χ2n) is 6.44. The maximum atomic E-state index is 12.2. The lowest BCUT2D eigenvalue weighted by Gasteiger charge is -2.33. The molecule has 24 heavy (non-hydrogen) atoms. The molecule has 0 spiro atoms. The fourth-order valence-corrected chi connectivity index (χ4v) is 2.97. The molecular weight excluding hydrogens is 302 g/mol. The predicted octanol–water partition coefficient (Wildman–Crippen LogP) is 2.98. The second-order valence-corrected chi connectivity index (χ2v) is 6.44. The number of anilines is 2. The Morgan fingerprint density at radius 1 is 1.21 bits per heavy atom. The molecule has 0 aromatic carbocycles. The Morgan fingerprint density at radius 3 is 2.75 bits per heavy atom. The molecule has 0 radical (unpaired) electrons. The van der Waals surface area contributed by atoms with Gasteiger partial charge in [0, 0.05) is 31.1 Å². The van der Waals surface area contributed by atoms with Crippen LogP contribution in [0.2, 0.25) is 0 Å². The van der Waals surface area contributed by atoms with E-state index in [1.54, 1.807) is 18.6 Å². The molecule has 2 aromatic heterocycles. The summed E-state index contributed by atoms with van der Waals surface area (Å²) in [4.78, 5) is 27.4. The molecule has 0 bridgehead atoms. The molecule has 126 valence electrons. The minimum atomic E-state index is 0.0415. The van der Waals surface area contributed by atoms with Gasteiger partial charge in [-0.1, -0.05) is 19.9 Å². The summed E-state index contributed by atoms with van der Waals surface area (Å²) in [5.41, 5.74) is 0.947. The third kappa shape index (κ3) is 3.88. The number of hydrogen-bond acceptors (Lipinski definition) is 5. The van der Waals surface area contributed by atoms with Crippen molar-refractivity contribution in [2.45, 2.75) is 32.6 Å². The summed E-state index contributed by atoms with van der Waals surface area (Å²) in [6, 6.07) is 5.67. The summed E-state index contributed by atoms with van der Waals surface area (Å²) in [7, 11) is 0. The number of amides is 1. The molecule has 3 rings (SSSR count). The normalized spacial score (nSPS) is 17.8. The van der Waals surface area contributed by atoms with E-state index in [1.807, 2.05) is 36.9 Å². The van der Waals surface area contributed by atoms with Crippen molar-refractivity contribution in [1.82, 2.24) is 19.9 Å². The SMILES string of the molecule is CC(C)C(=O)N1CCCC(c2cnc(Nc3ccccn3)cn2)C1. The van der Waals surface area contributed by atoms with Gasteiger partial charge >= 0.3 is 0 Å². The summed E-state index contributed by atoms with van der Waals surface area (Å²) in [5.74, 6) is 1.94. The fraction of sp³-hybridized carbons (Fsp3) is 0.444. The van der Waals surface area contributed by atoms with Crippen molar-refractivity contribution in [2.24, 2.45) is 5.92 Å². The van der Waals surface area contributed by atoms with Crippen molar-refractivity contribution in [1.29, 1.82) is 0 Å². The van der Waals surface area contributed by atoms with E-state index in [0.717, 1.165) is 37.4 Å². The molecule has 1 aliphatic rings. The van der Waals surface area contributed by atoms with Crippen LogP contribution in [0.25, 0.3) is 0 Å². The van der Waals surface area contributed by atoms with Gasteiger partial charge in [0.2, 0.25) is 5.91 Å². The maximum Gasteiger partial charge on any atom is 0.225 e. The van der Waals surface area contributed by atoms with E-state index in [1.165, 1.54) is 0 Å². The summed E-state index contributed by atoms with van der Waals surface area (Å²) in [5, 5.41) is 3.13. The molecular formula is C18H23N5O. The van der Waals surface area contributed by atoms with Gasteiger partial charge in [-0.2, -0.15) is 0 Å². The fourth-order valence-electron chi connectivity index (χ4n) is 2.97. The van der Waals surface area contributed by atoms with Gasteiger partial charge in [0.05, 0.1) is 18.1 Å². The van der Waals surface area contributed by atoms with Gasteiger partial charge in [-0.05, 0) is 25.0 Å². The zero-order chi connectivity index (χ0) is 16.9. The summed E-state index contributed by atoms with van der Waals surface area (Å²) >= 11 is 0. The molecule has 1 atom stereocenters. The highest BCUT2D eigenvalue weighted by atomic mass is 16.2. The van der Waals surface area contributed by atoms with Gasteiger partial charge in [0.15, 0.2) is 0 Å². The topological polar surface area (TPSA) is 71.0 Å². The van der Waals surface area contributed by atoms with Crippen LogP contribution in [0.4, 0.5) is 11.6 Å². The van der Waals surface area contributed by atoms with Crippen LogP contribution in [0.15, 0.2) is 36.8 Å². The third-order valence-electron chi connectivity index (χ3n) is 4.24. The molecule has 0 saturated carbocycles. The molecule has 6 heteroatoms. The van der Waals surface area contributed by atoms with Crippen LogP contribution >= 0.6 is 0 Å². The maximum absolute atomic E-state index is 12.2. The minimum absolute atomic E-state index is 0.0415. The minimum Gasteiger partial charge on any atom is -0.342 e. The number of carbonyl (C=O) groups excluding carboxylic acids is 1. The molecule has 1 fully saturated rings. The smallest absolute Gasteiger partial charge is 0.225 e. The van der Waals surface area contributed by atoms with Crippen LogP contribution in [-0.4, -0.2) is 38.8 Å². The van der Waals surface area contributed by atoms with Crippen molar-refractivity contribution in [3.05, 3.63) is 42.5 Å². The average molecular weight is 325 g/mol. The van der Waals surface area contributed by atoms with E-state index in [9.17, 15) is 4.79 Å². The highest BCUT2D eigenvalue weighted by Gasteiger charge is 2.26. The van der Waals surface area contributed by atoms with Crippen LogP contribution < -0.4 is 5.32 Å². The Bertz CT molecular complexity index is 672. The van der Waals surface area contributed by atoms with E-state index in [4.69, 9.17) is 0 Å². The quantitative estimate of drug-likeness (QED) is 0.936. The van der Waals surface area contributed by atoms with Gasteiger partial charge in [0.25, 0.3) is 0 Å². The van der Waals surface area contributed by atoms with Crippen molar-refractivity contribution >= 4 is 17.5 Å². The first kappa shape index (κ1) is 16.4. The Kier molecular flexibility index (Phi) is 5.03. The molecule has 3 heterocycles. The first-order chi connectivity index (χ1) is 11.6. The van der Waals surface area contributed by atoms with E-state index >= 15 is 0 Å². The summed E-state index contributed by atoms with van der Waals surface area (Å²) in [6.45, 7) is 5.48. The van der Waals surface area contributed by atoms with Crippen LogP contribution in [0.1, 0.15) is 38.3 Å². The molecule has 1 saturated heterocycles. The zero-order valence-corrected chi connectivity index (χ0v) is 14.1. The lowest BCUT2D eigenvalue weighted by atomic mass is 9.94. The number of piperidine rings is 1. The third-order valence-corrected chi connectivity index (χ3v) is 4.24. The number of aromatic nitrogens is 3. The Hall–Kier alpha value is -2.50. The van der Waals surface area contributed by atoms with Gasteiger partial charge in [-0.15, -0.1) is 0 Å². The Morgan fingerprint density at radius 2 is 2.08 bits per heavy atom. The van der Waals surface area contributed by atoms with Crippen molar-refractivity contribution in [2.75, 3.05) is 18.4 Å². The molecule has 6 nitrogen and oxygen atoms in total. The Labute approximate surface area is 142 Å². The lowest BCUT2D eigenvalue weighted by molar-refractivity contribution is -0.135. The Balaban J connectivity index is 1.65. The first-order valence-electron chi connectivity index (χ1n) is 8.42. The first-order valence-corrected chi connectivity index (χ1v) is 8.42. The lowest BCUT2D eigenvalue weighted by Crippen LogP contribution is -2.41. The number of pyridine rings is 1.